The number of hydrogen-bond acceptors (Lipinski definition) is 3. The standard InChI is InChI=1S/C8H15F3N2OS/c1-5(2-14)3-15-4-6(7(12)13)8(9,10)11/h5-6,14H,2-4H2,1H3,(H3,12,13). The molecule has 0 fully saturated rings. The third-order valence-electron chi connectivity index (χ3n) is 1.77. The highest BCUT2D eigenvalue weighted by molar-refractivity contribution is 7.99. The number of rotatable bonds is 6. The van der Waals surface area contributed by atoms with E-state index in [0.717, 1.165) is 11.8 Å². The van der Waals surface area contributed by atoms with Crippen LogP contribution >= 0.6 is 11.8 Å². The Morgan fingerprint density at radius 2 is 2.00 bits per heavy atom. The van der Waals surface area contributed by atoms with Crippen molar-refractivity contribution in [1.82, 2.24) is 0 Å². The van der Waals surface area contributed by atoms with Crippen LogP contribution in [0.4, 0.5) is 13.2 Å². The van der Waals surface area contributed by atoms with E-state index in [1.807, 2.05) is 0 Å². The average molecular weight is 244 g/mol. The van der Waals surface area contributed by atoms with Gasteiger partial charge in [0.25, 0.3) is 0 Å². The number of thioether (sulfide) groups is 1. The van der Waals surface area contributed by atoms with Gasteiger partial charge in [-0.3, -0.25) is 5.41 Å². The van der Waals surface area contributed by atoms with Gasteiger partial charge in [0.1, 0.15) is 11.8 Å². The maximum absolute atomic E-state index is 12.3. The van der Waals surface area contributed by atoms with Crippen molar-refractivity contribution >= 4 is 17.6 Å². The van der Waals surface area contributed by atoms with Gasteiger partial charge in [-0.05, 0) is 11.7 Å². The second-order valence-electron chi connectivity index (χ2n) is 3.37. The lowest BCUT2D eigenvalue weighted by Gasteiger charge is -2.19. The van der Waals surface area contributed by atoms with E-state index in [1.165, 1.54) is 0 Å². The molecule has 0 rings (SSSR count). The average Bonchev–Trinajstić information content (AvgIpc) is 2.09. The number of nitrogens with one attached hydrogen (secondary N) is 1. The van der Waals surface area contributed by atoms with Gasteiger partial charge >= 0.3 is 6.18 Å². The summed E-state index contributed by atoms with van der Waals surface area (Å²) in [5, 5.41) is 15.5. The minimum atomic E-state index is -4.46. The first-order valence-electron chi connectivity index (χ1n) is 4.38. The zero-order chi connectivity index (χ0) is 12.1. The van der Waals surface area contributed by atoms with Crippen LogP contribution in [-0.4, -0.2) is 35.2 Å². The Balaban J connectivity index is 4.05. The van der Waals surface area contributed by atoms with Crippen LogP contribution in [0.2, 0.25) is 0 Å². The molecule has 2 unspecified atom stereocenters. The van der Waals surface area contributed by atoms with E-state index < -0.39 is 17.9 Å². The summed E-state index contributed by atoms with van der Waals surface area (Å²) in [6, 6.07) is 0. The zero-order valence-electron chi connectivity index (χ0n) is 8.34. The van der Waals surface area contributed by atoms with E-state index in [0.29, 0.717) is 5.75 Å². The molecule has 3 nitrogen and oxygen atoms in total. The van der Waals surface area contributed by atoms with Crippen LogP contribution in [0.1, 0.15) is 6.92 Å². The third kappa shape index (κ3) is 5.88. The number of halogens is 3. The summed E-state index contributed by atoms with van der Waals surface area (Å²) >= 11 is 1.05. The maximum atomic E-state index is 12.3. The summed E-state index contributed by atoms with van der Waals surface area (Å²) in [5.74, 6) is -2.62. The molecule has 0 aliphatic rings. The minimum absolute atomic E-state index is 0.0455. The van der Waals surface area contributed by atoms with Gasteiger partial charge in [0.2, 0.25) is 0 Å². The van der Waals surface area contributed by atoms with Gasteiger partial charge in [-0.15, -0.1) is 0 Å². The monoisotopic (exact) mass is 244 g/mol. The summed E-state index contributed by atoms with van der Waals surface area (Å²) in [4.78, 5) is 0. The molecular weight excluding hydrogens is 229 g/mol. The zero-order valence-corrected chi connectivity index (χ0v) is 9.16. The molecule has 0 aromatic heterocycles. The van der Waals surface area contributed by atoms with Crippen molar-refractivity contribution in [1.29, 1.82) is 5.41 Å². The Bertz CT molecular complexity index is 211. The number of hydrogen-bond donors (Lipinski definition) is 3. The minimum Gasteiger partial charge on any atom is -0.396 e. The van der Waals surface area contributed by atoms with Crippen LogP contribution in [0.15, 0.2) is 0 Å². The first kappa shape index (κ1) is 14.6. The molecule has 0 saturated heterocycles. The summed E-state index contributed by atoms with van der Waals surface area (Å²) in [6.07, 6.45) is -4.46. The summed E-state index contributed by atoms with van der Waals surface area (Å²) in [7, 11) is 0. The van der Waals surface area contributed by atoms with E-state index in [9.17, 15) is 13.2 Å². The Morgan fingerprint density at radius 3 is 2.33 bits per heavy atom. The highest BCUT2D eigenvalue weighted by Gasteiger charge is 2.41. The highest BCUT2D eigenvalue weighted by Crippen LogP contribution is 2.29. The normalized spacial score (nSPS) is 16.1. The largest absolute Gasteiger partial charge is 0.399 e. The molecule has 0 aliphatic carbocycles. The predicted molar refractivity (Wildman–Crippen MR) is 55.0 cm³/mol. The second kappa shape index (κ2) is 6.22. The van der Waals surface area contributed by atoms with Crippen LogP contribution in [0.5, 0.6) is 0 Å². The van der Waals surface area contributed by atoms with E-state index in [2.05, 4.69) is 0 Å². The smallest absolute Gasteiger partial charge is 0.396 e. The van der Waals surface area contributed by atoms with Crippen molar-refractivity contribution in [3.8, 4) is 0 Å². The highest BCUT2D eigenvalue weighted by atomic mass is 32.2. The molecule has 0 aromatic rings. The van der Waals surface area contributed by atoms with Crippen molar-refractivity contribution < 1.29 is 18.3 Å². The molecule has 2 atom stereocenters. The summed E-state index contributed by atoms with van der Waals surface area (Å²) in [6.45, 7) is 1.69. The van der Waals surface area contributed by atoms with Crippen molar-refractivity contribution in [2.45, 2.75) is 13.1 Å². The molecule has 0 radical (unpaired) electrons. The lowest BCUT2D eigenvalue weighted by molar-refractivity contribution is -0.150. The third-order valence-corrected chi connectivity index (χ3v) is 3.14. The fourth-order valence-electron chi connectivity index (χ4n) is 0.800. The maximum Gasteiger partial charge on any atom is 0.399 e. The molecule has 0 amide bonds. The Hall–Kier alpha value is -0.430. The van der Waals surface area contributed by atoms with Gasteiger partial charge in [-0.1, -0.05) is 6.92 Å². The van der Waals surface area contributed by atoms with Crippen LogP contribution in [0.3, 0.4) is 0 Å². The van der Waals surface area contributed by atoms with Gasteiger partial charge in [0.15, 0.2) is 0 Å². The number of aliphatic hydroxyl groups excluding tert-OH is 1. The Morgan fingerprint density at radius 1 is 1.47 bits per heavy atom. The molecule has 15 heavy (non-hydrogen) atoms. The number of aliphatic hydroxyl groups is 1. The van der Waals surface area contributed by atoms with Crippen molar-refractivity contribution in [3.63, 3.8) is 0 Å². The molecule has 0 aromatic carbocycles. The van der Waals surface area contributed by atoms with Crippen molar-refractivity contribution in [3.05, 3.63) is 0 Å². The van der Waals surface area contributed by atoms with Gasteiger partial charge in [-0.25, -0.2) is 0 Å². The van der Waals surface area contributed by atoms with Crippen molar-refractivity contribution in [2.75, 3.05) is 18.1 Å². The molecular formula is C8H15F3N2OS. The molecule has 0 spiro atoms. The Labute approximate surface area is 90.7 Å². The first-order valence-corrected chi connectivity index (χ1v) is 5.53. The van der Waals surface area contributed by atoms with E-state index >= 15 is 0 Å². The van der Waals surface area contributed by atoms with Crippen LogP contribution in [-0.2, 0) is 0 Å². The topological polar surface area (TPSA) is 70.1 Å². The molecule has 90 valence electrons. The molecule has 0 heterocycles. The van der Waals surface area contributed by atoms with Gasteiger partial charge < -0.3 is 10.8 Å². The molecule has 0 bridgehead atoms. The number of nitrogens with two attached hydrogens (primary N) is 1. The van der Waals surface area contributed by atoms with E-state index in [-0.39, 0.29) is 18.3 Å². The van der Waals surface area contributed by atoms with Crippen molar-refractivity contribution in [2.24, 2.45) is 17.6 Å². The first-order chi connectivity index (χ1) is 6.79. The SMILES string of the molecule is CC(CO)CSCC(C(=N)N)C(F)(F)F. The number of alkyl halides is 3. The second-order valence-corrected chi connectivity index (χ2v) is 4.45. The van der Waals surface area contributed by atoms with Gasteiger partial charge in [0.05, 0.1) is 0 Å². The quantitative estimate of drug-likeness (QED) is 0.489. The summed E-state index contributed by atoms with van der Waals surface area (Å²) in [5.41, 5.74) is 4.87. The number of amidine groups is 1. The lowest BCUT2D eigenvalue weighted by atomic mass is 10.1. The predicted octanol–water partition coefficient (Wildman–Crippen LogP) is 1.46. The van der Waals surface area contributed by atoms with Crippen LogP contribution in [0, 0.1) is 17.2 Å². The van der Waals surface area contributed by atoms with E-state index in [1.54, 1.807) is 6.92 Å². The van der Waals surface area contributed by atoms with Gasteiger partial charge in [0, 0.05) is 12.4 Å². The Kier molecular flexibility index (Phi) is 6.04. The summed E-state index contributed by atoms with van der Waals surface area (Å²) < 4.78 is 36.9. The molecule has 4 N–H and O–H groups in total. The molecule has 7 heteroatoms. The molecule has 0 aliphatic heterocycles. The lowest BCUT2D eigenvalue weighted by Crippen LogP contribution is -2.37. The van der Waals surface area contributed by atoms with E-state index in [4.69, 9.17) is 16.2 Å². The van der Waals surface area contributed by atoms with Gasteiger partial charge in [-0.2, -0.15) is 24.9 Å². The molecule has 0 saturated carbocycles. The van der Waals surface area contributed by atoms with Crippen LogP contribution < -0.4 is 5.73 Å². The fraction of sp³-hybridized carbons (Fsp3) is 0.875. The fourth-order valence-corrected chi connectivity index (χ4v) is 2.05. The van der Waals surface area contributed by atoms with Crippen LogP contribution in [0.25, 0.3) is 0 Å².